The summed E-state index contributed by atoms with van der Waals surface area (Å²) in [5.41, 5.74) is -0.171. The van der Waals surface area contributed by atoms with Crippen LogP contribution in [0.15, 0.2) is 22.3 Å². The van der Waals surface area contributed by atoms with E-state index in [1.54, 1.807) is 11.1 Å². The number of nitrogens with zero attached hydrogens (tertiary/aromatic N) is 1. The van der Waals surface area contributed by atoms with E-state index in [-0.39, 0.29) is 5.57 Å². The van der Waals surface area contributed by atoms with E-state index in [1.165, 1.54) is 20.3 Å². The molecule has 0 saturated carbocycles. The van der Waals surface area contributed by atoms with Crippen molar-refractivity contribution in [3.05, 3.63) is 22.3 Å². The van der Waals surface area contributed by atoms with Crippen LogP contribution < -0.4 is 0 Å². The minimum atomic E-state index is -0.740. The second-order valence-electron chi connectivity index (χ2n) is 3.02. The van der Waals surface area contributed by atoms with Gasteiger partial charge in [-0.1, -0.05) is 0 Å². The number of carbonyl (C=O) groups excluding carboxylic acids is 2. The predicted octanol–water partition coefficient (Wildman–Crippen LogP) is 1.06. The van der Waals surface area contributed by atoms with Gasteiger partial charge in [0.25, 0.3) is 0 Å². The molecule has 0 bridgehead atoms. The SMILES string of the molecule is COC(=O)C(=CC(Br)=CN(C)C)C(=O)OC. The minimum Gasteiger partial charge on any atom is -0.465 e. The fourth-order valence-electron chi connectivity index (χ4n) is 0.843. The monoisotopic (exact) mass is 291 g/mol. The Bertz CT molecular complexity index is 316. The Hall–Kier alpha value is -1.30. The molecule has 0 heterocycles. The second kappa shape index (κ2) is 7.05. The highest BCUT2D eigenvalue weighted by Gasteiger charge is 2.19. The van der Waals surface area contributed by atoms with Gasteiger partial charge < -0.3 is 14.4 Å². The molecule has 0 aliphatic carbocycles. The van der Waals surface area contributed by atoms with E-state index < -0.39 is 11.9 Å². The van der Waals surface area contributed by atoms with Crippen molar-refractivity contribution in [2.75, 3.05) is 28.3 Å². The number of carbonyl (C=O) groups is 2. The summed E-state index contributed by atoms with van der Waals surface area (Å²) < 4.78 is 9.50. The summed E-state index contributed by atoms with van der Waals surface area (Å²) in [6, 6.07) is 0. The van der Waals surface area contributed by atoms with Gasteiger partial charge in [-0.3, -0.25) is 0 Å². The number of allylic oxidation sites excluding steroid dienone is 2. The molecule has 0 amide bonds. The lowest BCUT2D eigenvalue weighted by atomic mass is 10.2. The smallest absolute Gasteiger partial charge is 0.345 e. The number of hydrogen-bond donors (Lipinski definition) is 0. The van der Waals surface area contributed by atoms with Crippen LogP contribution in [0.1, 0.15) is 0 Å². The molecule has 6 heteroatoms. The quantitative estimate of drug-likeness (QED) is 0.255. The van der Waals surface area contributed by atoms with E-state index in [9.17, 15) is 9.59 Å². The largest absolute Gasteiger partial charge is 0.465 e. The third-order valence-electron chi connectivity index (χ3n) is 1.47. The summed E-state index contributed by atoms with van der Waals surface area (Å²) in [7, 11) is 6.02. The molecule has 0 saturated heterocycles. The summed E-state index contributed by atoms with van der Waals surface area (Å²) in [5, 5.41) is 0. The number of ether oxygens (including phenoxy) is 2. The zero-order valence-electron chi connectivity index (χ0n) is 9.61. The summed E-state index contributed by atoms with van der Waals surface area (Å²) in [6.45, 7) is 0. The van der Waals surface area contributed by atoms with Crippen molar-refractivity contribution in [1.82, 2.24) is 4.90 Å². The summed E-state index contributed by atoms with van der Waals surface area (Å²) in [4.78, 5) is 24.3. The Kier molecular flexibility index (Phi) is 6.48. The molecule has 0 aromatic heterocycles. The third-order valence-corrected chi connectivity index (χ3v) is 1.91. The molecule has 0 aliphatic heterocycles. The molecule has 0 radical (unpaired) electrons. The molecule has 0 aromatic rings. The van der Waals surface area contributed by atoms with Crippen molar-refractivity contribution in [3.63, 3.8) is 0 Å². The Morgan fingerprint density at radius 2 is 1.56 bits per heavy atom. The van der Waals surface area contributed by atoms with Gasteiger partial charge in [0.15, 0.2) is 0 Å². The molecule has 0 aliphatic rings. The first kappa shape index (κ1) is 14.7. The van der Waals surface area contributed by atoms with Crippen molar-refractivity contribution >= 4 is 27.9 Å². The Morgan fingerprint density at radius 3 is 1.88 bits per heavy atom. The summed E-state index contributed by atoms with van der Waals surface area (Å²) >= 11 is 3.20. The van der Waals surface area contributed by atoms with Crippen LogP contribution in [0.4, 0.5) is 0 Å². The maximum absolute atomic E-state index is 11.3. The number of methoxy groups -OCH3 is 2. The highest BCUT2D eigenvalue weighted by molar-refractivity contribution is 9.11. The lowest BCUT2D eigenvalue weighted by molar-refractivity contribution is -0.144. The third kappa shape index (κ3) is 4.97. The van der Waals surface area contributed by atoms with Crippen molar-refractivity contribution in [1.29, 1.82) is 0 Å². The molecular weight excluding hydrogens is 278 g/mol. The van der Waals surface area contributed by atoms with Gasteiger partial charge in [0.2, 0.25) is 0 Å². The van der Waals surface area contributed by atoms with Crippen LogP contribution in [-0.4, -0.2) is 45.2 Å². The maximum atomic E-state index is 11.3. The van der Waals surface area contributed by atoms with Crippen LogP contribution in [0, 0.1) is 0 Å². The van der Waals surface area contributed by atoms with Gasteiger partial charge in [0, 0.05) is 24.8 Å². The Balaban J connectivity index is 5.11. The van der Waals surface area contributed by atoms with E-state index in [2.05, 4.69) is 25.4 Å². The molecule has 0 unspecified atom stereocenters. The van der Waals surface area contributed by atoms with Crippen LogP contribution in [0.25, 0.3) is 0 Å². The molecule has 0 atom stereocenters. The van der Waals surface area contributed by atoms with Crippen LogP contribution in [0.3, 0.4) is 0 Å². The Labute approximate surface area is 103 Å². The normalized spacial score (nSPS) is 10.4. The van der Waals surface area contributed by atoms with Crippen LogP contribution in [0.5, 0.6) is 0 Å². The zero-order valence-corrected chi connectivity index (χ0v) is 11.2. The number of rotatable bonds is 4. The predicted molar refractivity (Wildman–Crippen MR) is 62.8 cm³/mol. The van der Waals surface area contributed by atoms with E-state index in [4.69, 9.17) is 0 Å². The number of hydrogen-bond acceptors (Lipinski definition) is 5. The molecular formula is C10H14BrNO4. The molecule has 0 rings (SSSR count). The lowest BCUT2D eigenvalue weighted by Gasteiger charge is -2.06. The highest BCUT2D eigenvalue weighted by atomic mass is 79.9. The van der Waals surface area contributed by atoms with Gasteiger partial charge in [0.1, 0.15) is 5.57 Å². The van der Waals surface area contributed by atoms with Crippen LogP contribution in [-0.2, 0) is 19.1 Å². The highest BCUT2D eigenvalue weighted by Crippen LogP contribution is 2.12. The average Bonchev–Trinajstić information content (AvgIpc) is 2.22. The van der Waals surface area contributed by atoms with E-state index in [0.29, 0.717) is 4.48 Å². The van der Waals surface area contributed by atoms with Gasteiger partial charge >= 0.3 is 11.9 Å². The summed E-state index contributed by atoms with van der Waals surface area (Å²) in [5.74, 6) is -1.48. The topological polar surface area (TPSA) is 55.8 Å². The molecule has 0 N–H and O–H groups in total. The molecule has 90 valence electrons. The Morgan fingerprint density at radius 1 is 1.12 bits per heavy atom. The lowest BCUT2D eigenvalue weighted by Crippen LogP contribution is -2.16. The van der Waals surface area contributed by atoms with Gasteiger partial charge in [-0.15, -0.1) is 0 Å². The fourth-order valence-corrected chi connectivity index (χ4v) is 1.48. The van der Waals surface area contributed by atoms with Gasteiger partial charge in [-0.05, 0) is 22.0 Å². The average molecular weight is 292 g/mol. The molecule has 5 nitrogen and oxygen atoms in total. The van der Waals surface area contributed by atoms with Crippen LogP contribution in [0.2, 0.25) is 0 Å². The first-order chi connectivity index (χ1) is 7.42. The van der Waals surface area contributed by atoms with Crippen molar-refractivity contribution in [3.8, 4) is 0 Å². The molecule has 0 aromatic carbocycles. The maximum Gasteiger partial charge on any atom is 0.345 e. The van der Waals surface area contributed by atoms with Gasteiger partial charge in [-0.25, -0.2) is 9.59 Å². The summed E-state index contributed by atoms with van der Waals surface area (Å²) in [6.07, 6.45) is 3.03. The number of halogens is 1. The van der Waals surface area contributed by atoms with Crippen molar-refractivity contribution in [2.45, 2.75) is 0 Å². The number of esters is 2. The van der Waals surface area contributed by atoms with Crippen molar-refractivity contribution < 1.29 is 19.1 Å². The minimum absolute atomic E-state index is 0.171. The van der Waals surface area contributed by atoms with E-state index in [1.807, 2.05) is 14.1 Å². The van der Waals surface area contributed by atoms with E-state index in [0.717, 1.165) is 0 Å². The standard InChI is InChI=1S/C10H14BrNO4/c1-12(2)6-7(11)5-8(9(13)15-3)10(14)16-4/h5-6H,1-4H3. The molecule has 0 fully saturated rings. The fraction of sp³-hybridized carbons (Fsp3) is 0.400. The van der Waals surface area contributed by atoms with Gasteiger partial charge in [-0.2, -0.15) is 0 Å². The zero-order chi connectivity index (χ0) is 12.7. The van der Waals surface area contributed by atoms with Crippen LogP contribution >= 0.6 is 15.9 Å². The van der Waals surface area contributed by atoms with Gasteiger partial charge in [0.05, 0.1) is 14.2 Å². The molecule has 16 heavy (non-hydrogen) atoms. The first-order valence-electron chi connectivity index (χ1n) is 4.34. The van der Waals surface area contributed by atoms with E-state index >= 15 is 0 Å². The molecule has 0 spiro atoms. The second-order valence-corrected chi connectivity index (χ2v) is 3.93. The first-order valence-corrected chi connectivity index (χ1v) is 5.13. The van der Waals surface area contributed by atoms with Crippen molar-refractivity contribution in [2.24, 2.45) is 0 Å².